The average molecular weight is 566 g/mol. The van der Waals surface area contributed by atoms with E-state index in [0.717, 1.165) is 44.7 Å². The van der Waals surface area contributed by atoms with Crippen molar-refractivity contribution in [2.45, 2.75) is 39.3 Å². The Morgan fingerprint density at radius 1 is 1.10 bits per heavy atom. The smallest absolute Gasteiger partial charge is 0.248 e. The number of hydrogen-bond donors (Lipinski definition) is 2. The lowest BCUT2D eigenvalue weighted by atomic mass is 9.95. The van der Waals surface area contributed by atoms with Crippen LogP contribution in [0.15, 0.2) is 72.9 Å². The number of primary amides is 1. The zero-order chi connectivity index (χ0) is 29.4. The second kappa shape index (κ2) is 11.4. The zero-order valence-electron chi connectivity index (χ0n) is 24.0. The number of nitrogens with two attached hydrogens (primary N) is 1. The summed E-state index contributed by atoms with van der Waals surface area (Å²) in [5.41, 5.74) is 12.3. The number of hydrogen-bond acceptors (Lipinski definition) is 6. The summed E-state index contributed by atoms with van der Waals surface area (Å²) >= 11 is 0. The van der Waals surface area contributed by atoms with Gasteiger partial charge in [-0.05, 0) is 42.7 Å². The van der Waals surface area contributed by atoms with Crippen molar-refractivity contribution in [1.82, 2.24) is 19.6 Å². The Kier molecular flexibility index (Phi) is 7.53. The van der Waals surface area contributed by atoms with Crippen molar-refractivity contribution >= 4 is 16.8 Å². The van der Waals surface area contributed by atoms with Gasteiger partial charge in [-0.15, -0.1) is 0 Å². The number of aromatic nitrogens is 4. The third kappa shape index (κ3) is 5.29. The van der Waals surface area contributed by atoms with E-state index in [9.17, 15) is 9.90 Å². The normalized spacial score (nSPS) is 14.3. The molecule has 1 atom stereocenters. The summed E-state index contributed by atoms with van der Waals surface area (Å²) in [5, 5.41) is 21.7. The number of fused-ring (bicyclic) bond motifs is 1. The van der Waals surface area contributed by atoms with Crippen LogP contribution in [-0.4, -0.2) is 50.4 Å². The number of amides is 1. The molecular weight excluding hydrogens is 530 g/mol. The van der Waals surface area contributed by atoms with Crippen molar-refractivity contribution in [2.24, 2.45) is 11.7 Å². The van der Waals surface area contributed by atoms with Crippen molar-refractivity contribution < 1.29 is 19.4 Å². The topological polar surface area (TPSA) is 117 Å². The molecule has 9 nitrogen and oxygen atoms in total. The number of rotatable bonds is 10. The fourth-order valence-corrected chi connectivity index (χ4v) is 5.54. The van der Waals surface area contributed by atoms with Crippen LogP contribution >= 0.6 is 0 Å². The minimum absolute atomic E-state index is 0.181. The number of nitrogens with zero attached hydrogens (tertiary/aromatic N) is 4. The first-order chi connectivity index (χ1) is 20.3. The molecule has 1 fully saturated rings. The summed E-state index contributed by atoms with van der Waals surface area (Å²) in [6, 6.07) is 20.8. The van der Waals surface area contributed by atoms with E-state index in [4.69, 9.17) is 25.4 Å². The Morgan fingerprint density at radius 2 is 1.88 bits per heavy atom. The second-order valence-electron chi connectivity index (χ2n) is 11.2. The lowest BCUT2D eigenvalue weighted by Crippen LogP contribution is -2.32. The Morgan fingerprint density at radius 3 is 2.57 bits per heavy atom. The highest BCUT2D eigenvalue weighted by molar-refractivity contribution is 5.95. The zero-order valence-corrected chi connectivity index (χ0v) is 24.0. The van der Waals surface area contributed by atoms with Gasteiger partial charge in [0.05, 0.1) is 43.7 Å². The number of aliphatic hydroxyl groups is 1. The molecule has 0 saturated carbocycles. The van der Waals surface area contributed by atoms with E-state index in [-0.39, 0.29) is 5.92 Å². The van der Waals surface area contributed by atoms with Crippen LogP contribution in [0.4, 0.5) is 0 Å². The van der Waals surface area contributed by atoms with Gasteiger partial charge in [-0.25, -0.2) is 4.68 Å². The van der Waals surface area contributed by atoms with E-state index in [1.54, 1.807) is 16.8 Å². The molecule has 1 amide bonds. The van der Waals surface area contributed by atoms with E-state index >= 15 is 0 Å². The summed E-state index contributed by atoms with van der Waals surface area (Å²) in [6.07, 6.45) is 1.30. The lowest BCUT2D eigenvalue weighted by Gasteiger charge is -2.26. The predicted octanol–water partition coefficient (Wildman–Crippen LogP) is 5.18. The third-order valence-electron chi connectivity index (χ3n) is 7.79. The molecule has 1 aliphatic rings. The van der Waals surface area contributed by atoms with E-state index < -0.39 is 12.0 Å². The van der Waals surface area contributed by atoms with Crippen molar-refractivity contribution in [3.8, 4) is 22.7 Å². The molecule has 216 valence electrons. The van der Waals surface area contributed by atoms with Gasteiger partial charge in [-0.3, -0.25) is 9.48 Å². The van der Waals surface area contributed by atoms with Gasteiger partial charge in [0.1, 0.15) is 11.4 Å². The number of carbonyl (C=O) groups is 1. The van der Waals surface area contributed by atoms with Crippen molar-refractivity contribution in [1.29, 1.82) is 0 Å². The van der Waals surface area contributed by atoms with Gasteiger partial charge in [0.25, 0.3) is 0 Å². The Labute approximate surface area is 244 Å². The summed E-state index contributed by atoms with van der Waals surface area (Å²) in [6.45, 7) is 8.50. The van der Waals surface area contributed by atoms with Crippen molar-refractivity contribution in [3.63, 3.8) is 0 Å². The van der Waals surface area contributed by atoms with Crippen LogP contribution in [-0.2, 0) is 11.3 Å². The molecule has 1 aliphatic heterocycles. The van der Waals surface area contributed by atoms with Gasteiger partial charge in [-0.1, -0.05) is 56.3 Å². The number of aliphatic hydroxyl groups excluding tert-OH is 1. The molecule has 0 aliphatic carbocycles. The highest BCUT2D eigenvalue weighted by atomic mass is 16.5. The van der Waals surface area contributed by atoms with E-state index in [1.807, 2.05) is 59.4 Å². The van der Waals surface area contributed by atoms with Crippen LogP contribution in [0.3, 0.4) is 0 Å². The van der Waals surface area contributed by atoms with Crippen molar-refractivity contribution in [3.05, 3.63) is 95.3 Å². The van der Waals surface area contributed by atoms with Gasteiger partial charge in [-0.2, -0.15) is 10.2 Å². The maximum Gasteiger partial charge on any atom is 0.248 e. The van der Waals surface area contributed by atoms with Gasteiger partial charge in [0, 0.05) is 39.9 Å². The lowest BCUT2D eigenvalue weighted by molar-refractivity contribution is -0.0508. The van der Waals surface area contributed by atoms with E-state index in [0.29, 0.717) is 43.6 Å². The molecule has 3 heterocycles. The molecule has 3 aromatic carbocycles. The van der Waals surface area contributed by atoms with Gasteiger partial charge < -0.3 is 20.3 Å². The Hall–Kier alpha value is -4.47. The molecule has 0 spiro atoms. The predicted molar refractivity (Wildman–Crippen MR) is 161 cm³/mol. The summed E-state index contributed by atoms with van der Waals surface area (Å²) < 4.78 is 15.2. The second-order valence-corrected chi connectivity index (χ2v) is 11.2. The molecule has 0 unspecified atom stereocenters. The first kappa shape index (κ1) is 27.7. The van der Waals surface area contributed by atoms with Crippen molar-refractivity contribution in [2.75, 3.05) is 19.8 Å². The summed E-state index contributed by atoms with van der Waals surface area (Å²) in [4.78, 5) is 12.0. The molecule has 9 heteroatoms. The molecular formula is C33H35N5O4. The van der Waals surface area contributed by atoms with Crippen LogP contribution in [0.5, 0.6) is 5.75 Å². The number of ether oxygens (including phenoxy) is 2. The maximum absolute atomic E-state index is 12.0. The van der Waals surface area contributed by atoms with Crippen LogP contribution < -0.4 is 10.5 Å². The van der Waals surface area contributed by atoms with Gasteiger partial charge in [0.2, 0.25) is 5.91 Å². The largest absolute Gasteiger partial charge is 0.491 e. The van der Waals surface area contributed by atoms with Crippen LogP contribution in [0.1, 0.15) is 53.0 Å². The quantitative estimate of drug-likeness (QED) is 0.241. The van der Waals surface area contributed by atoms with Crippen LogP contribution in [0.25, 0.3) is 27.8 Å². The third-order valence-corrected chi connectivity index (χ3v) is 7.79. The highest BCUT2D eigenvalue weighted by Crippen LogP contribution is 2.38. The average Bonchev–Trinajstić information content (AvgIpc) is 3.52. The Bertz CT molecular complexity index is 1740. The Balaban J connectivity index is 1.42. The van der Waals surface area contributed by atoms with E-state index in [2.05, 4.69) is 26.8 Å². The fraction of sp³-hybridized carbons (Fsp3) is 0.303. The molecule has 6 rings (SSSR count). The fourth-order valence-electron chi connectivity index (χ4n) is 5.54. The molecule has 3 N–H and O–H groups in total. The summed E-state index contributed by atoms with van der Waals surface area (Å²) in [7, 11) is 0. The molecule has 1 saturated heterocycles. The first-order valence-electron chi connectivity index (χ1n) is 14.2. The molecule has 42 heavy (non-hydrogen) atoms. The summed E-state index contributed by atoms with van der Waals surface area (Å²) in [5.74, 6) is 0.525. The monoisotopic (exact) mass is 565 g/mol. The van der Waals surface area contributed by atoms with E-state index in [1.165, 1.54) is 0 Å². The van der Waals surface area contributed by atoms with Crippen LogP contribution in [0.2, 0.25) is 0 Å². The molecule has 0 bridgehead atoms. The molecule has 5 aromatic rings. The first-order valence-corrected chi connectivity index (χ1v) is 14.2. The molecule has 2 aromatic heterocycles. The highest BCUT2D eigenvalue weighted by Gasteiger charge is 2.25. The van der Waals surface area contributed by atoms with Crippen LogP contribution in [0, 0.1) is 12.8 Å². The standard InChI is InChI=1S/C33H35N5O4/c1-20(2)31-21(3)38(28-13-12-24(33(34)40)14-30(28)42-19-22-17-41-18-22)36-32(31)25-10-7-11-27-26(25)15-37(35-27)16-29(39)23-8-5-4-6-9-23/h4-15,20,22,29,39H,16-19H2,1-3H3,(H2,34,40)/t29-/m0/s1. The van der Waals surface area contributed by atoms with Gasteiger partial charge in [0.15, 0.2) is 0 Å². The number of benzene rings is 3. The molecule has 0 radical (unpaired) electrons. The maximum atomic E-state index is 12.0. The minimum atomic E-state index is -0.676. The van der Waals surface area contributed by atoms with Gasteiger partial charge >= 0.3 is 0 Å². The minimum Gasteiger partial charge on any atom is -0.491 e. The number of carbonyl (C=O) groups excluding carboxylic acids is 1. The SMILES string of the molecule is Cc1c(C(C)C)c(-c2cccc3nn(C[C@H](O)c4ccccc4)cc23)nn1-c1ccc(C(N)=O)cc1OCC1COC1.